The second kappa shape index (κ2) is 6.64. The van der Waals surface area contributed by atoms with Crippen LogP contribution in [0.15, 0.2) is 23.1 Å². The summed E-state index contributed by atoms with van der Waals surface area (Å²) in [4.78, 5) is 0.0864. The summed E-state index contributed by atoms with van der Waals surface area (Å²) in [5.41, 5.74) is 6.09. The summed E-state index contributed by atoms with van der Waals surface area (Å²) in [5, 5.41) is 0. The first-order valence-corrected chi connectivity index (χ1v) is 8.40. The molecule has 0 aliphatic carbocycles. The maximum atomic E-state index is 12.7. The quantitative estimate of drug-likeness (QED) is 0.832. The number of sulfonamides is 1. The SMILES string of the molecule is COc1ccc(N)cc1S(=O)(=O)N(C)CC1CCCCO1. The third kappa shape index (κ3) is 3.66. The number of hydrogen-bond acceptors (Lipinski definition) is 5. The maximum Gasteiger partial charge on any atom is 0.246 e. The Labute approximate surface area is 125 Å². The van der Waals surface area contributed by atoms with E-state index in [0.29, 0.717) is 24.6 Å². The van der Waals surface area contributed by atoms with Crippen molar-refractivity contribution >= 4 is 15.7 Å². The van der Waals surface area contributed by atoms with Crippen LogP contribution in [0.5, 0.6) is 5.75 Å². The summed E-state index contributed by atoms with van der Waals surface area (Å²) >= 11 is 0. The smallest absolute Gasteiger partial charge is 0.246 e. The van der Waals surface area contributed by atoms with Gasteiger partial charge in [-0.05, 0) is 37.5 Å². The lowest BCUT2D eigenvalue weighted by Gasteiger charge is -2.27. The molecule has 1 aliphatic heterocycles. The minimum absolute atomic E-state index is 0.0504. The second-order valence-electron chi connectivity index (χ2n) is 5.18. The Hall–Kier alpha value is -1.31. The highest BCUT2D eigenvalue weighted by Crippen LogP contribution is 2.28. The van der Waals surface area contributed by atoms with Crippen molar-refractivity contribution in [1.29, 1.82) is 0 Å². The van der Waals surface area contributed by atoms with E-state index < -0.39 is 10.0 Å². The van der Waals surface area contributed by atoms with Gasteiger partial charge in [0.05, 0.1) is 13.2 Å². The summed E-state index contributed by atoms with van der Waals surface area (Å²) in [5.74, 6) is 0.292. The highest BCUT2D eigenvalue weighted by molar-refractivity contribution is 7.89. The number of benzene rings is 1. The van der Waals surface area contributed by atoms with Crippen molar-refractivity contribution in [1.82, 2.24) is 4.31 Å². The van der Waals surface area contributed by atoms with Crippen LogP contribution in [0.1, 0.15) is 19.3 Å². The van der Waals surface area contributed by atoms with E-state index in [1.807, 2.05) is 0 Å². The largest absolute Gasteiger partial charge is 0.495 e. The minimum Gasteiger partial charge on any atom is -0.495 e. The summed E-state index contributed by atoms with van der Waals surface area (Å²) in [7, 11) is -0.664. The van der Waals surface area contributed by atoms with Crippen LogP contribution in [-0.2, 0) is 14.8 Å². The van der Waals surface area contributed by atoms with Crippen LogP contribution in [0.25, 0.3) is 0 Å². The van der Waals surface area contributed by atoms with Gasteiger partial charge in [0, 0.05) is 25.9 Å². The van der Waals surface area contributed by atoms with Gasteiger partial charge in [-0.25, -0.2) is 8.42 Å². The molecule has 1 heterocycles. The highest BCUT2D eigenvalue weighted by Gasteiger charge is 2.28. The fourth-order valence-electron chi connectivity index (χ4n) is 2.40. The molecule has 1 unspecified atom stereocenters. The maximum absolute atomic E-state index is 12.7. The van der Waals surface area contributed by atoms with E-state index in [1.165, 1.54) is 17.5 Å². The van der Waals surface area contributed by atoms with Crippen LogP contribution in [0.3, 0.4) is 0 Å². The fraction of sp³-hybridized carbons (Fsp3) is 0.571. The van der Waals surface area contributed by atoms with Crippen LogP contribution < -0.4 is 10.5 Å². The van der Waals surface area contributed by atoms with Crippen LogP contribution in [0.2, 0.25) is 0 Å². The molecule has 0 amide bonds. The third-order valence-electron chi connectivity index (χ3n) is 3.61. The van der Waals surface area contributed by atoms with E-state index in [9.17, 15) is 8.42 Å². The van der Waals surface area contributed by atoms with E-state index >= 15 is 0 Å². The lowest BCUT2D eigenvalue weighted by Crippen LogP contribution is -2.37. The number of nitrogens with two attached hydrogens (primary N) is 1. The topological polar surface area (TPSA) is 81.9 Å². The standard InChI is InChI=1S/C14H22N2O4S/c1-16(10-12-5-3-4-8-20-12)21(17,18)14-9-11(15)6-7-13(14)19-2/h6-7,9,12H,3-5,8,10,15H2,1-2H3. The predicted octanol–water partition coefficient (Wildman–Crippen LogP) is 1.47. The Morgan fingerprint density at radius 2 is 2.19 bits per heavy atom. The van der Waals surface area contributed by atoms with Crippen LogP contribution in [0.4, 0.5) is 5.69 Å². The molecular formula is C14H22N2O4S. The first kappa shape index (κ1) is 16.1. The third-order valence-corrected chi connectivity index (χ3v) is 5.46. The van der Waals surface area contributed by atoms with Gasteiger partial charge in [0.1, 0.15) is 10.6 Å². The Morgan fingerprint density at radius 3 is 2.81 bits per heavy atom. The molecule has 1 aliphatic rings. The molecule has 1 fully saturated rings. The van der Waals surface area contributed by atoms with E-state index in [-0.39, 0.29) is 11.0 Å². The first-order chi connectivity index (χ1) is 9.95. The molecule has 7 heteroatoms. The van der Waals surface area contributed by atoms with Crippen LogP contribution in [0, 0.1) is 0 Å². The average molecular weight is 314 g/mol. The van der Waals surface area contributed by atoms with E-state index in [2.05, 4.69) is 0 Å². The van der Waals surface area contributed by atoms with Crippen molar-refractivity contribution in [3.05, 3.63) is 18.2 Å². The summed E-state index contributed by atoms with van der Waals surface area (Å²) in [6, 6.07) is 4.60. The van der Waals surface area contributed by atoms with Gasteiger partial charge in [-0.2, -0.15) is 4.31 Å². The van der Waals surface area contributed by atoms with E-state index in [0.717, 1.165) is 19.3 Å². The lowest BCUT2D eigenvalue weighted by molar-refractivity contribution is 0.00857. The van der Waals surface area contributed by atoms with Crippen LogP contribution >= 0.6 is 0 Å². The summed E-state index contributed by atoms with van der Waals surface area (Å²) in [6.45, 7) is 1.03. The Bertz CT molecular complexity index is 583. The number of nitrogens with zero attached hydrogens (tertiary/aromatic N) is 1. The normalized spacial score (nSPS) is 19.7. The van der Waals surface area contributed by atoms with Crippen molar-refractivity contribution in [3.63, 3.8) is 0 Å². The lowest BCUT2D eigenvalue weighted by atomic mass is 10.1. The van der Waals surface area contributed by atoms with E-state index in [4.69, 9.17) is 15.2 Å². The number of anilines is 1. The van der Waals surface area contributed by atoms with Gasteiger partial charge in [0.25, 0.3) is 0 Å². The number of methoxy groups -OCH3 is 1. The molecule has 2 rings (SSSR count). The fourth-order valence-corrected chi connectivity index (χ4v) is 3.79. The number of ether oxygens (including phenoxy) is 2. The summed E-state index contributed by atoms with van der Waals surface area (Å²) in [6.07, 6.45) is 2.94. The van der Waals surface area contributed by atoms with Crippen molar-refractivity contribution < 1.29 is 17.9 Å². The zero-order chi connectivity index (χ0) is 15.5. The second-order valence-corrected chi connectivity index (χ2v) is 7.20. The molecule has 118 valence electrons. The zero-order valence-electron chi connectivity index (χ0n) is 12.4. The van der Waals surface area contributed by atoms with Gasteiger partial charge in [-0.1, -0.05) is 0 Å². The number of nitrogen functional groups attached to an aromatic ring is 1. The molecule has 1 saturated heterocycles. The molecule has 1 atom stereocenters. The van der Waals surface area contributed by atoms with Crippen molar-refractivity contribution in [2.24, 2.45) is 0 Å². The molecule has 6 nitrogen and oxygen atoms in total. The molecule has 1 aromatic rings. The molecule has 0 aromatic heterocycles. The molecule has 0 radical (unpaired) electrons. The van der Waals surface area contributed by atoms with Gasteiger partial charge in [-0.3, -0.25) is 0 Å². The van der Waals surface area contributed by atoms with Crippen LogP contribution in [-0.4, -0.2) is 46.1 Å². The van der Waals surface area contributed by atoms with Crippen molar-refractivity contribution in [3.8, 4) is 5.75 Å². The molecule has 0 saturated carbocycles. The van der Waals surface area contributed by atoms with Gasteiger partial charge in [-0.15, -0.1) is 0 Å². The molecule has 0 spiro atoms. The number of likely N-dealkylation sites (N-methyl/N-ethyl adjacent to an activating group) is 1. The van der Waals surface area contributed by atoms with Gasteiger partial charge in [0.2, 0.25) is 10.0 Å². The Morgan fingerprint density at radius 1 is 1.43 bits per heavy atom. The average Bonchev–Trinajstić information content (AvgIpc) is 2.48. The zero-order valence-corrected chi connectivity index (χ0v) is 13.2. The summed E-state index contributed by atoms with van der Waals surface area (Å²) < 4.78 is 37.4. The van der Waals surface area contributed by atoms with Gasteiger partial charge >= 0.3 is 0 Å². The van der Waals surface area contributed by atoms with Crippen molar-refractivity contribution in [2.45, 2.75) is 30.3 Å². The Kier molecular flexibility index (Phi) is 5.08. The highest BCUT2D eigenvalue weighted by atomic mass is 32.2. The van der Waals surface area contributed by atoms with Crippen molar-refractivity contribution in [2.75, 3.05) is 33.0 Å². The van der Waals surface area contributed by atoms with Gasteiger partial charge < -0.3 is 15.2 Å². The number of hydrogen-bond donors (Lipinski definition) is 1. The number of rotatable bonds is 5. The molecule has 21 heavy (non-hydrogen) atoms. The Balaban J connectivity index is 2.22. The predicted molar refractivity (Wildman–Crippen MR) is 80.8 cm³/mol. The first-order valence-electron chi connectivity index (χ1n) is 6.96. The monoisotopic (exact) mass is 314 g/mol. The minimum atomic E-state index is -3.66. The van der Waals surface area contributed by atoms with Gasteiger partial charge in [0.15, 0.2) is 0 Å². The molecule has 0 bridgehead atoms. The molecular weight excluding hydrogens is 292 g/mol. The molecule has 2 N–H and O–H groups in total. The van der Waals surface area contributed by atoms with E-state index in [1.54, 1.807) is 19.2 Å². The molecule has 1 aromatic carbocycles.